The summed E-state index contributed by atoms with van der Waals surface area (Å²) in [6.45, 7) is 0. The first-order chi connectivity index (χ1) is 10.1. The molecule has 1 aromatic carbocycles. The smallest absolute Gasteiger partial charge is 0.293 e. The van der Waals surface area contributed by atoms with Crippen molar-refractivity contribution < 1.29 is 13.6 Å². The summed E-state index contributed by atoms with van der Waals surface area (Å²) >= 11 is 1.04. The fraction of sp³-hybridized carbons (Fsp3) is 0.308. The van der Waals surface area contributed by atoms with E-state index in [0.29, 0.717) is 5.16 Å². The summed E-state index contributed by atoms with van der Waals surface area (Å²) < 4.78 is 28.1. The summed E-state index contributed by atoms with van der Waals surface area (Å²) in [5.41, 5.74) is -0.609. The van der Waals surface area contributed by atoms with Crippen molar-refractivity contribution in [1.82, 2.24) is 14.8 Å². The molecule has 1 fully saturated rings. The highest BCUT2D eigenvalue weighted by molar-refractivity contribution is 7.99. The molecule has 3 rings (SSSR count). The van der Waals surface area contributed by atoms with Crippen LogP contribution in [0.5, 0.6) is 0 Å². The van der Waals surface area contributed by atoms with Gasteiger partial charge in [0.1, 0.15) is 11.6 Å². The van der Waals surface area contributed by atoms with Gasteiger partial charge in [-0.15, -0.1) is 5.10 Å². The Morgan fingerprint density at radius 2 is 2.19 bits per heavy atom. The van der Waals surface area contributed by atoms with Crippen LogP contribution in [0.25, 0.3) is 0 Å². The number of Topliss-reactive ketones (excluding diaryl/α,β-unsaturated/α-hetero) is 1. The molecule has 2 aromatic rings. The average Bonchev–Trinajstić information content (AvgIpc) is 3.22. The number of nitrogens with one attached hydrogen (secondary N) is 1. The lowest BCUT2D eigenvalue weighted by molar-refractivity contribution is 0.101. The molecular formula is C13H11F2N3O2S. The second kappa shape index (κ2) is 5.44. The lowest BCUT2D eigenvalue weighted by atomic mass is 10.1. The minimum atomic E-state index is -0.761. The van der Waals surface area contributed by atoms with Crippen molar-refractivity contribution in [2.24, 2.45) is 0 Å². The van der Waals surface area contributed by atoms with Gasteiger partial charge in [-0.2, -0.15) is 0 Å². The second-order valence-electron chi connectivity index (χ2n) is 4.75. The summed E-state index contributed by atoms with van der Waals surface area (Å²) in [5.74, 6) is -2.09. The molecule has 1 N–H and O–H groups in total. The van der Waals surface area contributed by atoms with Gasteiger partial charge in [-0.25, -0.2) is 18.7 Å². The zero-order chi connectivity index (χ0) is 15.0. The molecule has 0 saturated heterocycles. The van der Waals surface area contributed by atoms with Crippen molar-refractivity contribution in [2.45, 2.75) is 24.0 Å². The molecule has 0 bridgehead atoms. The van der Waals surface area contributed by atoms with E-state index in [-0.39, 0.29) is 23.0 Å². The van der Waals surface area contributed by atoms with Gasteiger partial charge in [-0.3, -0.25) is 9.36 Å². The Morgan fingerprint density at radius 3 is 2.90 bits per heavy atom. The van der Waals surface area contributed by atoms with Crippen molar-refractivity contribution in [3.8, 4) is 0 Å². The first-order valence-corrected chi connectivity index (χ1v) is 7.33. The van der Waals surface area contributed by atoms with Gasteiger partial charge in [0.05, 0.1) is 11.3 Å². The molecule has 21 heavy (non-hydrogen) atoms. The molecule has 0 atom stereocenters. The lowest BCUT2D eigenvalue weighted by Crippen LogP contribution is -2.16. The van der Waals surface area contributed by atoms with Gasteiger partial charge < -0.3 is 0 Å². The van der Waals surface area contributed by atoms with Gasteiger partial charge in [-0.05, 0) is 31.0 Å². The van der Waals surface area contributed by atoms with Crippen molar-refractivity contribution >= 4 is 17.5 Å². The van der Waals surface area contributed by atoms with Crippen LogP contribution < -0.4 is 5.69 Å². The molecule has 0 radical (unpaired) electrons. The standard InChI is InChI=1S/C13H11F2N3O2S/c14-7-1-4-10(15)9(5-7)11(19)6-21-13-17-16-12(20)18(13)8-2-3-8/h1,4-5,8H,2-3,6H2,(H,16,20). The molecule has 0 amide bonds. The molecule has 0 spiro atoms. The number of hydrogen-bond donors (Lipinski definition) is 1. The third-order valence-electron chi connectivity index (χ3n) is 3.15. The number of rotatable bonds is 5. The van der Waals surface area contributed by atoms with E-state index in [9.17, 15) is 18.4 Å². The van der Waals surface area contributed by atoms with Gasteiger partial charge in [0.15, 0.2) is 10.9 Å². The molecule has 0 aliphatic heterocycles. The van der Waals surface area contributed by atoms with E-state index in [1.54, 1.807) is 0 Å². The number of carbonyl (C=O) groups excluding carboxylic acids is 1. The van der Waals surface area contributed by atoms with Gasteiger partial charge in [0.2, 0.25) is 0 Å². The fourth-order valence-electron chi connectivity index (χ4n) is 1.97. The van der Waals surface area contributed by atoms with Crippen molar-refractivity contribution in [2.75, 3.05) is 5.75 Å². The van der Waals surface area contributed by atoms with Crippen LogP contribution in [-0.2, 0) is 0 Å². The number of hydrogen-bond acceptors (Lipinski definition) is 4. The number of benzene rings is 1. The molecule has 8 heteroatoms. The van der Waals surface area contributed by atoms with E-state index in [1.807, 2.05) is 0 Å². The molecule has 1 aliphatic carbocycles. The van der Waals surface area contributed by atoms with E-state index in [1.165, 1.54) is 4.57 Å². The second-order valence-corrected chi connectivity index (χ2v) is 5.69. The van der Waals surface area contributed by atoms with Gasteiger partial charge in [0.25, 0.3) is 0 Å². The maximum absolute atomic E-state index is 13.5. The predicted octanol–water partition coefficient (Wildman–Crippen LogP) is 2.16. The molecule has 1 aromatic heterocycles. The summed E-state index contributed by atoms with van der Waals surface area (Å²) in [7, 11) is 0. The van der Waals surface area contributed by atoms with Crippen LogP contribution in [0.3, 0.4) is 0 Å². The first kappa shape index (κ1) is 14.0. The maximum atomic E-state index is 13.5. The Morgan fingerprint density at radius 1 is 1.43 bits per heavy atom. The first-order valence-electron chi connectivity index (χ1n) is 6.34. The van der Waals surface area contributed by atoms with E-state index in [0.717, 1.165) is 42.8 Å². The zero-order valence-corrected chi connectivity index (χ0v) is 11.6. The molecule has 0 unspecified atom stereocenters. The highest BCUT2D eigenvalue weighted by Crippen LogP contribution is 2.36. The van der Waals surface area contributed by atoms with E-state index >= 15 is 0 Å². The Labute approximate surface area is 122 Å². The van der Waals surface area contributed by atoms with Gasteiger partial charge >= 0.3 is 5.69 Å². The largest absolute Gasteiger partial charge is 0.344 e. The third-order valence-corrected chi connectivity index (χ3v) is 4.10. The van der Waals surface area contributed by atoms with Crippen molar-refractivity contribution in [3.63, 3.8) is 0 Å². The monoisotopic (exact) mass is 311 g/mol. The number of halogens is 2. The van der Waals surface area contributed by atoms with Gasteiger partial charge in [-0.1, -0.05) is 11.8 Å². The molecule has 1 heterocycles. The Hall–Kier alpha value is -1.96. The number of thioether (sulfide) groups is 1. The minimum absolute atomic E-state index is 0.114. The SMILES string of the molecule is O=C(CSc1n[nH]c(=O)n1C1CC1)c1cc(F)ccc1F. The van der Waals surface area contributed by atoms with Crippen LogP contribution >= 0.6 is 11.8 Å². The quantitative estimate of drug-likeness (QED) is 0.679. The Balaban J connectivity index is 1.74. The lowest BCUT2D eigenvalue weighted by Gasteiger charge is -2.04. The van der Waals surface area contributed by atoms with E-state index < -0.39 is 17.4 Å². The van der Waals surface area contributed by atoms with E-state index in [4.69, 9.17) is 0 Å². The normalized spacial score (nSPS) is 14.4. The number of aromatic nitrogens is 3. The highest BCUT2D eigenvalue weighted by atomic mass is 32.2. The summed E-state index contributed by atoms with van der Waals surface area (Å²) in [6.07, 6.45) is 1.80. The van der Waals surface area contributed by atoms with E-state index in [2.05, 4.69) is 10.2 Å². The number of H-pyrrole nitrogens is 1. The Bertz CT molecular complexity index is 752. The van der Waals surface area contributed by atoms with Crippen molar-refractivity contribution in [3.05, 3.63) is 45.9 Å². The van der Waals surface area contributed by atoms with Crippen LogP contribution in [0, 0.1) is 11.6 Å². The van der Waals surface area contributed by atoms with Crippen LogP contribution in [-0.4, -0.2) is 26.3 Å². The van der Waals surface area contributed by atoms with Crippen LogP contribution in [0.4, 0.5) is 8.78 Å². The highest BCUT2D eigenvalue weighted by Gasteiger charge is 2.29. The number of ketones is 1. The van der Waals surface area contributed by atoms with Crippen LogP contribution in [0.2, 0.25) is 0 Å². The summed E-state index contributed by atoms with van der Waals surface area (Å²) in [5, 5.41) is 6.58. The maximum Gasteiger partial charge on any atom is 0.344 e. The van der Waals surface area contributed by atoms with Gasteiger partial charge in [0, 0.05) is 6.04 Å². The van der Waals surface area contributed by atoms with Crippen LogP contribution in [0.1, 0.15) is 29.2 Å². The number of carbonyl (C=O) groups is 1. The van der Waals surface area contributed by atoms with Crippen LogP contribution in [0.15, 0.2) is 28.2 Å². The molecule has 1 aliphatic rings. The fourth-order valence-corrected chi connectivity index (χ4v) is 2.86. The number of aromatic amines is 1. The summed E-state index contributed by atoms with van der Waals surface area (Å²) in [4.78, 5) is 23.5. The average molecular weight is 311 g/mol. The topological polar surface area (TPSA) is 67.8 Å². The molecule has 1 saturated carbocycles. The third kappa shape index (κ3) is 2.90. The molecule has 5 nitrogen and oxygen atoms in total. The number of nitrogens with zero attached hydrogens (tertiary/aromatic N) is 2. The summed E-state index contributed by atoms with van der Waals surface area (Å²) in [6, 6.07) is 2.87. The predicted molar refractivity (Wildman–Crippen MR) is 72.5 cm³/mol. The Kier molecular flexibility index (Phi) is 3.62. The molecule has 110 valence electrons. The molecular weight excluding hydrogens is 300 g/mol. The van der Waals surface area contributed by atoms with Crippen molar-refractivity contribution in [1.29, 1.82) is 0 Å². The zero-order valence-electron chi connectivity index (χ0n) is 10.8. The minimum Gasteiger partial charge on any atom is -0.293 e.